The molecule has 0 unspecified atom stereocenters. The summed E-state index contributed by atoms with van der Waals surface area (Å²) in [4.78, 5) is 16.9. The predicted molar refractivity (Wildman–Crippen MR) is 113 cm³/mol. The standard InChI is InChI=1S/C22H23N3O3S/c1-17-12-18(2)14-20(13-17)25(29(27,28)21-9-4-3-5-10-21)16-22(26)24-15-19-8-6-7-11-23-19/h3-14H,15-16H2,1-2H3,(H,24,26). The van der Waals surface area contributed by atoms with Crippen LogP contribution < -0.4 is 9.62 Å². The molecule has 1 heterocycles. The average molecular weight is 410 g/mol. The van der Waals surface area contributed by atoms with E-state index in [1.807, 2.05) is 26.0 Å². The molecular weight excluding hydrogens is 386 g/mol. The van der Waals surface area contributed by atoms with Crippen molar-refractivity contribution in [2.45, 2.75) is 25.3 Å². The van der Waals surface area contributed by atoms with Crippen molar-refractivity contribution in [2.24, 2.45) is 0 Å². The maximum atomic E-state index is 13.3. The predicted octanol–water partition coefficient (Wildman–Crippen LogP) is 3.21. The Hall–Kier alpha value is -3.19. The van der Waals surface area contributed by atoms with Gasteiger partial charge in [-0.1, -0.05) is 30.3 Å². The lowest BCUT2D eigenvalue weighted by Crippen LogP contribution is -2.40. The van der Waals surface area contributed by atoms with E-state index in [0.717, 1.165) is 15.4 Å². The number of anilines is 1. The Morgan fingerprint density at radius 2 is 1.62 bits per heavy atom. The summed E-state index contributed by atoms with van der Waals surface area (Å²) in [6.07, 6.45) is 1.64. The molecule has 0 saturated heterocycles. The Balaban J connectivity index is 1.89. The van der Waals surface area contributed by atoms with E-state index in [-0.39, 0.29) is 18.0 Å². The molecule has 1 N–H and O–H groups in total. The monoisotopic (exact) mass is 409 g/mol. The molecule has 7 heteroatoms. The van der Waals surface area contributed by atoms with Gasteiger partial charge in [-0.25, -0.2) is 8.42 Å². The number of rotatable bonds is 7. The van der Waals surface area contributed by atoms with E-state index in [1.54, 1.807) is 48.7 Å². The first-order valence-corrected chi connectivity index (χ1v) is 10.6. The van der Waals surface area contributed by atoms with E-state index >= 15 is 0 Å². The second-order valence-electron chi connectivity index (χ2n) is 6.77. The molecule has 0 fully saturated rings. The van der Waals surface area contributed by atoms with Crippen LogP contribution in [0.25, 0.3) is 0 Å². The van der Waals surface area contributed by atoms with Crippen LogP contribution in [0.1, 0.15) is 16.8 Å². The molecule has 1 amide bonds. The van der Waals surface area contributed by atoms with Crippen molar-refractivity contribution in [2.75, 3.05) is 10.8 Å². The van der Waals surface area contributed by atoms with Gasteiger partial charge in [-0.2, -0.15) is 0 Å². The molecule has 0 spiro atoms. The number of nitrogens with one attached hydrogen (secondary N) is 1. The third-order valence-electron chi connectivity index (χ3n) is 4.31. The summed E-state index contributed by atoms with van der Waals surface area (Å²) in [7, 11) is -3.91. The minimum absolute atomic E-state index is 0.136. The fourth-order valence-corrected chi connectivity index (χ4v) is 4.43. The second-order valence-corrected chi connectivity index (χ2v) is 8.63. The average Bonchev–Trinajstić information content (AvgIpc) is 2.71. The van der Waals surface area contributed by atoms with Crippen LogP contribution >= 0.6 is 0 Å². The van der Waals surface area contributed by atoms with Gasteiger partial charge in [0.05, 0.1) is 22.8 Å². The molecular formula is C22H23N3O3S. The van der Waals surface area contributed by atoms with Crippen LogP contribution in [0.15, 0.2) is 77.8 Å². The number of aryl methyl sites for hydroxylation is 2. The highest BCUT2D eigenvalue weighted by Gasteiger charge is 2.27. The number of sulfonamides is 1. The van der Waals surface area contributed by atoms with Crippen molar-refractivity contribution >= 4 is 21.6 Å². The van der Waals surface area contributed by atoms with E-state index < -0.39 is 15.9 Å². The minimum Gasteiger partial charge on any atom is -0.349 e. The molecule has 3 rings (SSSR count). The van der Waals surface area contributed by atoms with Crippen LogP contribution in [-0.2, 0) is 21.4 Å². The first-order chi connectivity index (χ1) is 13.9. The summed E-state index contributed by atoms with van der Waals surface area (Å²) >= 11 is 0. The van der Waals surface area contributed by atoms with Crippen molar-refractivity contribution in [3.8, 4) is 0 Å². The molecule has 0 bridgehead atoms. The molecule has 29 heavy (non-hydrogen) atoms. The SMILES string of the molecule is Cc1cc(C)cc(N(CC(=O)NCc2ccccn2)S(=O)(=O)c2ccccc2)c1. The highest BCUT2D eigenvalue weighted by molar-refractivity contribution is 7.92. The smallest absolute Gasteiger partial charge is 0.264 e. The Morgan fingerprint density at radius 1 is 0.966 bits per heavy atom. The highest BCUT2D eigenvalue weighted by atomic mass is 32.2. The summed E-state index contributed by atoms with van der Waals surface area (Å²) in [6, 6.07) is 19.0. The highest BCUT2D eigenvalue weighted by Crippen LogP contribution is 2.25. The molecule has 0 aliphatic heterocycles. The maximum absolute atomic E-state index is 13.3. The number of hydrogen-bond donors (Lipinski definition) is 1. The largest absolute Gasteiger partial charge is 0.349 e. The van der Waals surface area contributed by atoms with E-state index in [9.17, 15) is 13.2 Å². The van der Waals surface area contributed by atoms with Gasteiger partial charge in [0.15, 0.2) is 0 Å². The number of amides is 1. The van der Waals surface area contributed by atoms with Gasteiger partial charge in [0.25, 0.3) is 10.0 Å². The van der Waals surface area contributed by atoms with Gasteiger partial charge in [-0.05, 0) is 61.4 Å². The second kappa shape index (κ2) is 8.87. The van der Waals surface area contributed by atoms with Crippen LogP contribution in [0.2, 0.25) is 0 Å². The summed E-state index contributed by atoms with van der Waals surface area (Å²) in [5, 5.41) is 2.74. The Labute approximate surface area is 171 Å². The summed E-state index contributed by atoms with van der Waals surface area (Å²) in [5.41, 5.74) is 2.99. The van der Waals surface area contributed by atoms with E-state index in [2.05, 4.69) is 10.3 Å². The van der Waals surface area contributed by atoms with Crippen LogP contribution in [0.3, 0.4) is 0 Å². The van der Waals surface area contributed by atoms with Gasteiger partial charge in [-0.3, -0.25) is 14.1 Å². The zero-order chi connectivity index (χ0) is 20.9. The number of hydrogen-bond acceptors (Lipinski definition) is 4. The van der Waals surface area contributed by atoms with E-state index in [0.29, 0.717) is 11.4 Å². The number of carbonyl (C=O) groups is 1. The molecule has 6 nitrogen and oxygen atoms in total. The third kappa shape index (κ3) is 5.20. The molecule has 0 aliphatic rings. The number of pyridine rings is 1. The van der Waals surface area contributed by atoms with Gasteiger partial charge in [0.1, 0.15) is 6.54 Å². The first-order valence-electron chi connectivity index (χ1n) is 9.19. The third-order valence-corrected chi connectivity index (χ3v) is 6.09. The Morgan fingerprint density at radius 3 is 2.24 bits per heavy atom. The van der Waals surface area contributed by atoms with Crippen molar-refractivity contribution in [1.82, 2.24) is 10.3 Å². The van der Waals surface area contributed by atoms with Gasteiger partial charge in [0, 0.05) is 6.20 Å². The molecule has 0 radical (unpaired) electrons. The maximum Gasteiger partial charge on any atom is 0.264 e. The molecule has 150 valence electrons. The zero-order valence-corrected chi connectivity index (χ0v) is 17.2. The molecule has 0 aliphatic carbocycles. The number of carbonyl (C=O) groups excluding carboxylic acids is 1. The zero-order valence-electron chi connectivity index (χ0n) is 16.4. The normalized spacial score (nSPS) is 11.1. The number of nitrogens with zero attached hydrogens (tertiary/aromatic N) is 2. The van der Waals surface area contributed by atoms with Crippen LogP contribution in [0.5, 0.6) is 0 Å². The first kappa shape index (κ1) is 20.5. The molecule has 3 aromatic rings. The lowest BCUT2D eigenvalue weighted by atomic mass is 10.1. The topological polar surface area (TPSA) is 79.4 Å². The van der Waals surface area contributed by atoms with Crippen LogP contribution in [0.4, 0.5) is 5.69 Å². The molecule has 0 atom stereocenters. The van der Waals surface area contributed by atoms with Crippen molar-refractivity contribution in [1.29, 1.82) is 0 Å². The number of aromatic nitrogens is 1. The molecule has 2 aromatic carbocycles. The van der Waals surface area contributed by atoms with E-state index in [1.165, 1.54) is 12.1 Å². The minimum atomic E-state index is -3.91. The van der Waals surface area contributed by atoms with Crippen molar-refractivity contribution < 1.29 is 13.2 Å². The lowest BCUT2D eigenvalue weighted by Gasteiger charge is -2.25. The van der Waals surface area contributed by atoms with Gasteiger partial charge in [-0.15, -0.1) is 0 Å². The fourth-order valence-electron chi connectivity index (χ4n) is 3.01. The van der Waals surface area contributed by atoms with Crippen molar-refractivity contribution in [3.63, 3.8) is 0 Å². The van der Waals surface area contributed by atoms with Crippen molar-refractivity contribution in [3.05, 3.63) is 89.7 Å². The summed E-state index contributed by atoms with van der Waals surface area (Å²) in [5.74, 6) is -0.408. The molecule has 0 saturated carbocycles. The van der Waals surface area contributed by atoms with Gasteiger partial charge in [0.2, 0.25) is 5.91 Å². The Kier molecular flexibility index (Phi) is 6.29. The van der Waals surface area contributed by atoms with Crippen LogP contribution in [0, 0.1) is 13.8 Å². The van der Waals surface area contributed by atoms with E-state index in [4.69, 9.17) is 0 Å². The number of benzene rings is 2. The van der Waals surface area contributed by atoms with Crippen LogP contribution in [-0.4, -0.2) is 25.9 Å². The fraction of sp³-hybridized carbons (Fsp3) is 0.182. The van der Waals surface area contributed by atoms with Gasteiger partial charge < -0.3 is 5.32 Å². The summed E-state index contributed by atoms with van der Waals surface area (Å²) < 4.78 is 27.7. The van der Waals surface area contributed by atoms with Gasteiger partial charge >= 0.3 is 0 Å². The lowest BCUT2D eigenvalue weighted by molar-refractivity contribution is -0.119. The Bertz CT molecular complexity index is 1060. The molecule has 1 aromatic heterocycles. The summed E-state index contributed by atoms with van der Waals surface area (Å²) in [6.45, 7) is 3.69. The quantitative estimate of drug-likeness (QED) is 0.650.